The van der Waals surface area contributed by atoms with Crippen LogP contribution in [-0.2, 0) is 0 Å². The maximum Gasteiger partial charge on any atom is 0.160 e. The number of para-hydroxylation sites is 6. The van der Waals surface area contributed by atoms with Gasteiger partial charge in [0.1, 0.15) is 33.5 Å². The monoisotopic (exact) mass is 1430 g/mol. The first-order chi connectivity index (χ1) is 55.4. The number of benzene rings is 17. The summed E-state index contributed by atoms with van der Waals surface area (Å²) in [6.07, 6.45) is 0. The van der Waals surface area contributed by atoms with Crippen molar-refractivity contribution in [3.8, 4) is 95.3 Å². The molecular weight excluding hydrogens is 1370 g/mol. The molecule has 24 aromatic rings. The lowest BCUT2D eigenvalue weighted by atomic mass is 9.99. The third-order valence-corrected chi connectivity index (χ3v) is 23.3. The molecule has 7 aromatic heterocycles. The Kier molecular flexibility index (Phi) is 13.4. The van der Waals surface area contributed by atoms with Crippen LogP contribution in [0.1, 0.15) is 0 Å². The molecule has 0 fully saturated rings. The molecule has 0 spiro atoms. The van der Waals surface area contributed by atoms with Crippen LogP contribution in [0.25, 0.3) is 237 Å². The van der Waals surface area contributed by atoms with E-state index in [0.717, 1.165) is 199 Å². The zero-order valence-electron chi connectivity index (χ0n) is 60.2. The van der Waals surface area contributed by atoms with Crippen molar-refractivity contribution < 1.29 is 13.3 Å². The summed E-state index contributed by atoms with van der Waals surface area (Å²) in [4.78, 5) is 11.0. The van der Waals surface area contributed by atoms with Gasteiger partial charge in [-0.05, 0) is 213 Å². The van der Waals surface area contributed by atoms with E-state index in [0.29, 0.717) is 5.82 Å². The van der Waals surface area contributed by atoms with Gasteiger partial charge < -0.3 is 27.0 Å². The number of aromatic nitrogens is 5. The summed E-state index contributed by atoms with van der Waals surface area (Å²) in [5.74, 6) is 0.651. The van der Waals surface area contributed by atoms with Crippen molar-refractivity contribution in [2.45, 2.75) is 0 Å². The summed E-state index contributed by atoms with van der Waals surface area (Å²) in [6.45, 7) is 0. The molecular formula is C104H61N5O3. The SMILES string of the molecule is c1ccc2c(c1)oc1cc(-c3ccc4c(c3)c3ccccc3n4-c3ccc(-c4ccc(-c5nc(-c6ccc(-n7c8ccccc8c8cc(-c9ccc%10c(c9)oc9ccccc9%10)ccc87)cc6)c6cc(-c7ccc(-n8c9ccccc9c9cc(-c%10ccc%11c(c%10)oc%10ccccc%10%11)ccc98)cc7)ccc6n5)cc4)cc3)ccc12. The highest BCUT2D eigenvalue weighted by Crippen LogP contribution is 2.44. The highest BCUT2D eigenvalue weighted by molar-refractivity contribution is 6.15. The van der Waals surface area contributed by atoms with Gasteiger partial charge in [0, 0.05) is 98.2 Å². The fraction of sp³-hybridized carbons (Fsp3) is 0. The Bertz CT molecular complexity index is 8050. The largest absolute Gasteiger partial charge is 0.456 e. The molecule has 24 rings (SSSR count). The Morgan fingerprint density at radius 3 is 0.839 bits per heavy atom. The standard InChI is InChI=1S/C104H61N5O3/c1-7-19-91-77(13-1)86-55-68(71-35-48-83-80-16-4-10-22-97(80)110-100(83)59-71)39-52-94(86)107(91)74-42-29-63(30-43-74)62-25-27-66(28-26-62)104-105-90-51-38-67(64-31-44-75(45-32-64)108-92-20-8-2-14-78(92)87-56-69(40-53-95(87)108)72-36-49-84-81-17-5-11-23-98(81)111-101(84)60-72)58-89(90)103(106-104)65-33-46-76(47-34-65)109-93-21-9-3-15-79(93)88-57-70(41-54-96(88)109)73-37-50-85-82-18-6-12-24-99(82)112-102(85)61-73/h1-61H. The van der Waals surface area contributed by atoms with Crippen LogP contribution >= 0.6 is 0 Å². The average molecular weight is 1430 g/mol. The van der Waals surface area contributed by atoms with Gasteiger partial charge in [0.2, 0.25) is 0 Å². The highest BCUT2D eigenvalue weighted by atomic mass is 16.3. The fourth-order valence-corrected chi connectivity index (χ4v) is 17.9. The Morgan fingerprint density at radius 1 is 0.170 bits per heavy atom. The topological polar surface area (TPSA) is 80.0 Å². The lowest BCUT2D eigenvalue weighted by molar-refractivity contribution is 0.668. The van der Waals surface area contributed by atoms with Gasteiger partial charge in [0.05, 0.1) is 44.3 Å². The molecule has 8 heteroatoms. The molecule has 0 saturated heterocycles. The van der Waals surface area contributed by atoms with Crippen molar-refractivity contribution in [2.75, 3.05) is 0 Å². The van der Waals surface area contributed by atoms with Crippen molar-refractivity contribution in [1.82, 2.24) is 23.7 Å². The molecule has 520 valence electrons. The van der Waals surface area contributed by atoms with Crippen LogP contribution < -0.4 is 0 Å². The predicted octanol–water partition coefficient (Wildman–Crippen LogP) is 28.3. The first-order valence-corrected chi connectivity index (χ1v) is 38.0. The first kappa shape index (κ1) is 62.0. The number of hydrogen-bond acceptors (Lipinski definition) is 5. The van der Waals surface area contributed by atoms with Crippen LogP contribution in [0.4, 0.5) is 0 Å². The average Bonchev–Trinajstić information content (AvgIpc) is 1.59. The van der Waals surface area contributed by atoms with Gasteiger partial charge in [0.15, 0.2) is 5.82 Å². The van der Waals surface area contributed by atoms with E-state index in [1.54, 1.807) is 0 Å². The molecule has 0 radical (unpaired) electrons. The Hall–Kier alpha value is -15.1. The summed E-state index contributed by atoms with van der Waals surface area (Å²) in [7, 11) is 0. The summed E-state index contributed by atoms with van der Waals surface area (Å²) in [5.41, 5.74) is 30.2. The highest BCUT2D eigenvalue weighted by Gasteiger charge is 2.22. The van der Waals surface area contributed by atoms with E-state index in [1.165, 1.54) is 32.3 Å². The minimum atomic E-state index is 0.651. The molecule has 112 heavy (non-hydrogen) atoms. The molecule has 0 aliphatic heterocycles. The zero-order chi connectivity index (χ0) is 73.2. The van der Waals surface area contributed by atoms with E-state index in [4.69, 9.17) is 23.2 Å². The Labute approximate surface area is 640 Å². The summed E-state index contributed by atoms with van der Waals surface area (Å²) in [6, 6.07) is 133. The van der Waals surface area contributed by atoms with E-state index >= 15 is 0 Å². The van der Waals surface area contributed by atoms with Crippen molar-refractivity contribution in [3.05, 3.63) is 370 Å². The minimum Gasteiger partial charge on any atom is -0.456 e. The Balaban J connectivity index is 0.576. The van der Waals surface area contributed by atoms with E-state index < -0.39 is 0 Å². The molecule has 17 aromatic carbocycles. The third-order valence-electron chi connectivity index (χ3n) is 23.3. The van der Waals surface area contributed by atoms with Crippen molar-refractivity contribution >= 4 is 142 Å². The number of furan rings is 3. The molecule has 0 unspecified atom stereocenters. The second-order valence-electron chi connectivity index (χ2n) is 29.5. The van der Waals surface area contributed by atoms with Crippen LogP contribution in [0.5, 0.6) is 0 Å². The number of hydrogen-bond donors (Lipinski definition) is 0. The van der Waals surface area contributed by atoms with Crippen molar-refractivity contribution in [3.63, 3.8) is 0 Å². The number of rotatable bonds is 10. The van der Waals surface area contributed by atoms with E-state index in [9.17, 15) is 0 Å². The van der Waals surface area contributed by atoms with E-state index in [-0.39, 0.29) is 0 Å². The molecule has 0 aliphatic rings. The molecule has 0 saturated carbocycles. The van der Waals surface area contributed by atoms with Crippen LogP contribution in [0.2, 0.25) is 0 Å². The van der Waals surface area contributed by atoms with E-state index in [2.05, 4.69) is 347 Å². The van der Waals surface area contributed by atoms with Gasteiger partial charge in [-0.25, -0.2) is 9.97 Å². The lowest BCUT2D eigenvalue weighted by Crippen LogP contribution is -1.97. The molecule has 0 bridgehead atoms. The van der Waals surface area contributed by atoms with Gasteiger partial charge in [0.25, 0.3) is 0 Å². The third kappa shape index (κ3) is 9.68. The van der Waals surface area contributed by atoms with Crippen LogP contribution in [0, 0.1) is 0 Å². The fourth-order valence-electron chi connectivity index (χ4n) is 17.9. The maximum absolute atomic E-state index is 6.37. The molecule has 8 nitrogen and oxygen atoms in total. The van der Waals surface area contributed by atoms with Gasteiger partial charge in [-0.3, -0.25) is 0 Å². The van der Waals surface area contributed by atoms with E-state index in [1.807, 2.05) is 36.4 Å². The maximum atomic E-state index is 6.37. The number of nitrogens with zero attached hydrogens (tertiary/aromatic N) is 5. The smallest absolute Gasteiger partial charge is 0.160 e. The zero-order valence-corrected chi connectivity index (χ0v) is 60.2. The van der Waals surface area contributed by atoms with Gasteiger partial charge in [-0.15, -0.1) is 0 Å². The van der Waals surface area contributed by atoms with Gasteiger partial charge >= 0.3 is 0 Å². The molecule has 0 N–H and O–H groups in total. The van der Waals surface area contributed by atoms with Crippen LogP contribution in [0.3, 0.4) is 0 Å². The number of fused-ring (bicyclic) bond motifs is 19. The molecule has 0 atom stereocenters. The van der Waals surface area contributed by atoms with Crippen LogP contribution in [-0.4, -0.2) is 23.7 Å². The predicted molar refractivity (Wildman–Crippen MR) is 462 cm³/mol. The quantitative estimate of drug-likeness (QED) is 0.136. The summed E-state index contributed by atoms with van der Waals surface area (Å²) in [5, 5.41) is 14.9. The Morgan fingerprint density at radius 2 is 0.438 bits per heavy atom. The minimum absolute atomic E-state index is 0.651. The van der Waals surface area contributed by atoms with Gasteiger partial charge in [-0.1, -0.05) is 212 Å². The molecule has 0 amide bonds. The second-order valence-corrected chi connectivity index (χ2v) is 29.5. The molecule has 7 heterocycles. The van der Waals surface area contributed by atoms with Crippen molar-refractivity contribution in [1.29, 1.82) is 0 Å². The lowest BCUT2D eigenvalue weighted by Gasteiger charge is -2.14. The first-order valence-electron chi connectivity index (χ1n) is 38.0. The van der Waals surface area contributed by atoms with Crippen LogP contribution in [0.15, 0.2) is 383 Å². The van der Waals surface area contributed by atoms with Crippen molar-refractivity contribution in [2.24, 2.45) is 0 Å². The summed E-state index contributed by atoms with van der Waals surface area (Å²) < 4.78 is 26.2. The summed E-state index contributed by atoms with van der Waals surface area (Å²) >= 11 is 0. The normalized spacial score (nSPS) is 12.1. The van der Waals surface area contributed by atoms with Gasteiger partial charge in [-0.2, -0.15) is 0 Å². The molecule has 0 aliphatic carbocycles. The second kappa shape index (κ2) is 24.2.